The topological polar surface area (TPSA) is 30.2 Å². The normalized spacial score (nSPS) is 9.54. The Hall–Kier alpha value is -1.09. The highest BCUT2D eigenvalue weighted by molar-refractivity contribution is 6.29. The molecule has 0 amide bonds. The van der Waals surface area contributed by atoms with E-state index in [9.17, 15) is 0 Å². The third-order valence-corrected chi connectivity index (χ3v) is 1.70. The van der Waals surface area contributed by atoms with Crippen LogP contribution >= 0.6 is 11.6 Å². The molecule has 2 aromatic heterocycles. The first-order valence-electron chi connectivity index (χ1n) is 4.24. The number of imidazole rings is 1. The first-order valence-corrected chi connectivity index (χ1v) is 4.62. The summed E-state index contributed by atoms with van der Waals surface area (Å²) in [6.07, 6.45) is 1.76. The SMILES string of the molecule is CC.Cc1cnc2ccc(Cl)nn12. The van der Waals surface area contributed by atoms with Gasteiger partial charge in [-0.3, -0.25) is 0 Å². The van der Waals surface area contributed by atoms with Crippen molar-refractivity contribution in [1.29, 1.82) is 0 Å². The van der Waals surface area contributed by atoms with Gasteiger partial charge in [0.15, 0.2) is 5.65 Å². The molecule has 3 nitrogen and oxygen atoms in total. The van der Waals surface area contributed by atoms with E-state index in [-0.39, 0.29) is 0 Å². The molecular formula is C9H12ClN3. The first kappa shape index (κ1) is 9.99. The van der Waals surface area contributed by atoms with Gasteiger partial charge in [0.05, 0.1) is 11.9 Å². The van der Waals surface area contributed by atoms with Gasteiger partial charge in [-0.15, -0.1) is 0 Å². The molecule has 0 aromatic carbocycles. The molecule has 0 saturated heterocycles. The zero-order valence-electron chi connectivity index (χ0n) is 7.95. The Kier molecular flexibility index (Phi) is 3.25. The van der Waals surface area contributed by atoms with Crippen molar-refractivity contribution in [3.8, 4) is 0 Å². The summed E-state index contributed by atoms with van der Waals surface area (Å²) in [5.41, 5.74) is 1.81. The number of nitrogens with zero attached hydrogens (tertiary/aromatic N) is 3. The second kappa shape index (κ2) is 4.23. The van der Waals surface area contributed by atoms with E-state index in [1.165, 1.54) is 0 Å². The molecule has 0 fully saturated rings. The summed E-state index contributed by atoms with van der Waals surface area (Å²) in [4.78, 5) is 4.10. The van der Waals surface area contributed by atoms with E-state index in [1.54, 1.807) is 16.8 Å². The molecule has 0 unspecified atom stereocenters. The predicted molar refractivity (Wildman–Crippen MR) is 54.1 cm³/mol. The second-order valence-corrected chi connectivity index (χ2v) is 2.71. The van der Waals surface area contributed by atoms with Crippen LogP contribution in [0.5, 0.6) is 0 Å². The molecule has 2 aromatic rings. The molecule has 2 heterocycles. The fourth-order valence-electron chi connectivity index (χ4n) is 0.966. The van der Waals surface area contributed by atoms with Crippen LogP contribution < -0.4 is 0 Å². The van der Waals surface area contributed by atoms with E-state index in [2.05, 4.69) is 10.1 Å². The average Bonchev–Trinajstić information content (AvgIpc) is 2.52. The van der Waals surface area contributed by atoms with Gasteiger partial charge >= 0.3 is 0 Å². The second-order valence-electron chi connectivity index (χ2n) is 2.33. The van der Waals surface area contributed by atoms with Crippen LogP contribution in [0.3, 0.4) is 0 Å². The molecular weight excluding hydrogens is 186 g/mol. The lowest BCUT2D eigenvalue weighted by Crippen LogP contribution is -1.92. The van der Waals surface area contributed by atoms with Crippen molar-refractivity contribution in [3.63, 3.8) is 0 Å². The number of rotatable bonds is 0. The number of halogens is 1. The molecule has 4 heteroatoms. The molecule has 0 aliphatic carbocycles. The Balaban J connectivity index is 0.000000396. The zero-order chi connectivity index (χ0) is 9.84. The van der Waals surface area contributed by atoms with E-state index < -0.39 is 0 Å². The maximum Gasteiger partial charge on any atom is 0.153 e. The van der Waals surface area contributed by atoms with E-state index in [1.807, 2.05) is 26.8 Å². The Labute approximate surface area is 82.4 Å². The minimum absolute atomic E-state index is 0.485. The maximum absolute atomic E-state index is 5.69. The summed E-state index contributed by atoms with van der Waals surface area (Å²) in [6, 6.07) is 3.56. The molecule has 0 bridgehead atoms. The summed E-state index contributed by atoms with van der Waals surface area (Å²) in [5.74, 6) is 0. The number of aromatic nitrogens is 3. The minimum atomic E-state index is 0.485. The average molecular weight is 198 g/mol. The van der Waals surface area contributed by atoms with Gasteiger partial charge in [0, 0.05) is 0 Å². The zero-order valence-corrected chi connectivity index (χ0v) is 8.71. The van der Waals surface area contributed by atoms with Crippen LogP contribution in [-0.2, 0) is 0 Å². The Morgan fingerprint density at radius 1 is 1.31 bits per heavy atom. The Bertz CT molecular complexity index is 395. The number of fused-ring (bicyclic) bond motifs is 1. The Morgan fingerprint density at radius 3 is 2.69 bits per heavy atom. The van der Waals surface area contributed by atoms with Gasteiger partial charge in [0.25, 0.3) is 0 Å². The summed E-state index contributed by atoms with van der Waals surface area (Å²) < 4.78 is 1.71. The minimum Gasteiger partial charge on any atom is -0.235 e. The van der Waals surface area contributed by atoms with Crippen LogP contribution in [0.25, 0.3) is 5.65 Å². The van der Waals surface area contributed by atoms with Gasteiger partial charge in [-0.25, -0.2) is 9.50 Å². The monoisotopic (exact) mass is 197 g/mol. The standard InChI is InChI=1S/C7H6ClN3.C2H6/c1-5-4-9-7-3-2-6(8)10-11(5)7;1-2/h2-4H,1H3;1-2H3. The molecule has 0 radical (unpaired) electrons. The molecule has 0 aliphatic heterocycles. The lowest BCUT2D eigenvalue weighted by molar-refractivity contribution is 0.900. The fourth-order valence-corrected chi connectivity index (χ4v) is 1.10. The van der Waals surface area contributed by atoms with E-state index in [4.69, 9.17) is 11.6 Å². The van der Waals surface area contributed by atoms with Gasteiger partial charge in [-0.2, -0.15) is 5.10 Å². The summed E-state index contributed by atoms with van der Waals surface area (Å²) in [6.45, 7) is 5.93. The van der Waals surface area contributed by atoms with Gasteiger partial charge in [0.2, 0.25) is 0 Å². The molecule has 0 spiro atoms. The van der Waals surface area contributed by atoms with Crippen LogP contribution in [0.2, 0.25) is 5.15 Å². The van der Waals surface area contributed by atoms with Crippen molar-refractivity contribution in [2.75, 3.05) is 0 Å². The maximum atomic E-state index is 5.69. The summed E-state index contributed by atoms with van der Waals surface area (Å²) >= 11 is 5.69. The van der Waals surface area contributed by atoms with Gasteiger partial charge < -0.3 is 0 Å². The van der Waals surface area contributed by atoms with Crippen molar-refractivity contribution in [2.45, 2.75) is 20.8 Å². The third kappa shape index (κ3) is 1.98. The highest BCUT2D eigenvalue weighted by atomic mass is 35.5. The quantitative estimate of drug-likeness (QED) is 0.650. The van der Waals surface area contributed by atoms with E-state index in [0.29, 0.717) is 5.15 Å². The van der Waals surface area contributed by atoms with Crippen molar-refractivity contribution in [3.05, 3.63) is 29.2 Å². The molecule has 0 atom stereocenters. The lowest BCUT2D eigenvalue weighted by Gasteiger charge is -1.93. The molecule has 13 heavy (non-hydrogen) atoms. The van der Waals surface area contributed by atoms with Crippen LogP contribution in [0.15, 0.2) is 18.3 Å². The number of hydrogen-bond donors (Lipinski definition) is 0. The Morgan fingerprint density at radius 2 is 2.00 bits per heavy atom. The fraction of sp³-hybridized carbons (Fsp3) is 0.333. The van der Waals surface area contributed by atoms with Gasteiger partial charge in [0.1, 0.15) is 5.15 Å². The van der Waals surface area contributed by atoms with Crippen molar-refractivity contribution in [2.24, 2.45) is 0 Å². The highest BCUT2D eigenvalue weighted by Crippen LogP contribution is 2.07. The molecule has 0 saturated carbocycles. The molecule has 0 aliphatic rings. The van der Waals surface area contributed by atoms with Crippen molar-refractivity contribution < 1.29 is 0 Å². The van der Waals surface area contributed by atoms with Crippen molar-refractivity contribution in [1.82, 2.24) is 14.6 Å². The summed E-state index contributed by atoms with van der Waals surface area (Å²) in [7, 11) is 0. The molecule has 70 valence electrons. The van der Waals surface area contributed by atoms with E-state index in [0.717, 1.165) is 11.3 Å². The third-order valence-electron chi connectivity index (χ3n) is 1.50. The lowest BCUT2D eigenvalue weighted by atomic mass is 10.5. The van der Waals surface area contributed by atoms with Crippen LogP contribution in [-0.4, -0.2) is 14.6 Å². The first-order chi connectivity index (χ1) is 6.27. The smallest absolute Gasteiger partial charge is 0.153 e. The van der Waals surface area contributed by atoms with Crippen molar-refractivity contribution >= 4 is 17.2 Å². The van der Waals surface area contributed by atoms with Gasteiger partial charge in [-0.05, 0) is 19.1 Å². The summed E-state index contributed by atoms with van der Waals surface area (Å²) in [5, 5.41) is 4.54. The highest BCUT2D eigenvalue weighted by Gasteiger charge is 1.98. The predicted octanol–water partition coefficient (Wildman–Crippen LogP) is 2.72. The van der Waals surface area contributed by atoms with E-state index >= 15 is 0 Å². The van der Waals surface area contributed by atoms with Gasteiger partial charge in [-0.1, -0.05) is 25.4 Å². The number of aryl methyl sites for hydroxylation is 1. The van der Waals surface area contributed by atoms with Crippen LogP contribution in [0.4, 0.5) is 0 Å². The van der Waals surface area contributed by atoms with Crippen LogP contribution in [0, 0.1) is 6.92 Å². The molecule has 2 rings (SSSR count). The molecule has 0 N–H and O–H groups in total. The largest absolute Gasteiger partial charge is 0.235 e. The van der Waals surface area contributed by atoms with Crippen LogP contribution in [0.1, 0.15) is 19.5 Å². The number of hydrogen-bond acceptors (Lipinski definition) is 2.